The van der Waals surface area contributed by atoms with Crippen LogP contribution in [0.5, 0.6) is 5.75 Å². The van der Waals surface area contributed by atoms with Crippen LogP contribution in [0, 0.1) is 0 Å². The van der Waals surface area contributed by atoms with Gasteiger partial charge in [0.2, 0.25) is 5.91 Å². The van der Waals surface area contributed by atoms with Crippen molar-refractivity contribution in [2.24, 2.45) is 4.99 Å². The number of thioether (sulfide) groups is 1. The summed E-state index contributed by atoms with van der Waals surface area (Å²) >= 11 is 1.39. The number of carbonyl (C=O) groups excluding carboxylic acids is 2. The summed E-state index contributed by atoms with van der Waals surface area (Å²) in [4.78, 5) is 31.5. The lowest BCUT2D eigenvalue weighted by molar-refractivity contribution is -0.139. The maximum atomic E-state index is 12.8. The number of hydrogen-bond acceptors (Lipinski definition) is 6. The van der Waals surface area contributed by atoms with Crippen molar-refractivity contribution in [3.8, 4) is 5.75 Å². The van der Waals surface area contributed by atoms with Crippen LogP contribution in [-0.2, 0) is 14.3 Å². The number of allylic oxidation sites excluding steroid dienone is 1. The first-order valence-electron chi connectivity index (χ1n) is 8.19. The third-order valence-electron chi connectivity index (χ3n) is 4.22. The minimum Gasteiger partial charge on any atom is -0.497 e. The van der Waals surface area contributed by atoms with Crippen LogP contribution in [0.2, 0.25) is 0 Å². The standard InChI is InChI=1S/C19H20N2O4S/c1-5-9-25-18(23)15-11(2)20-19-21(17(22)12(3)26-19)16(15)13-7-6-8-14(10-13)24-4/h5-8,10,12,16H,1,9H2,2-4H3. The Labute approximate surface area is 156 Å². The van der Waals surface area contributed by atoms with Crippen molar-refractivity contribution in [2.75, 3.05) is 13.7 Å². The summed E-state index contributed by atoms with van der Waals surface area (Å²) in [5, 5.41) is 0.353. The Morgan fingerprint density at radius 3 is 2.92 bits per heavy atom. The summed E-state index contributed by atoms with van der Waals surface area (Å²) in [6, 6.07) is 6.74. The molecule has 2 heterocycles. The van der Waals surface area contributed by atoms with Crippen molar-refractivity contribution in [1.29, 1.82) is 0 Å². The zero-order valence-electron chi connectivity index (χ0n) is 14.9. The smallest absolute Gasteiger partial charge is 0.338 e. The number of ether oxygens (including phenoxy) is 2. The number of hydrogen-bond donors (Lipinski definition) is 0. The van der Waals surface area contributed by atoms with E-state index in [-0.39, 0.29) is 17.8 Å². The summed E-state index contributed by atoms with van der Waals surface area (Å²) in [5.41, 5.74) is 1.67. The Kier molecular flexibility index (Phi) is 5.18. The molecule has 1 fully saturated rings. The molecule has 26 heavy (non-hydrogen) atoms. The molecule has 136 valence electrons. The van der Waals surface area contributed by atoms with Crippen LogP contribution in [0.4, 0.5) is 0 Å². The molecule has 0 saturated carbocycles. The third kappa shape index (κ3) is 3.14. The first-order chi connectivity index (χ1) is 12.5. The van der Waals surface area contributed by atoms with Crippen LogP contribution in [-0.4, -0.2) is 40.9 Å². The minimum atomic E-state index is -0.597. The molecule has 3 rings (SSSR count). The molecule has 0 bridgehead atoms. The number of methoxy groups -OCH3 is 1. The van der Waals surface area contributed by atoms with Gasteiger partial charge in [-0.2, -0.15) is 0 Å². The van der Waals surface area contributed by atoms with E-state index < -0.39 is 12.0 Å². The van der Waals surface area contributed by atoms with E-state index in [1.54, 1.807) is 18.9 Å². The molecule has 7 heteroatoms. The van der Waals surface area contributed by atoms with Gasteiger partial charge in [-0.1, -0.05) is 36.5 Å². The number of benzene rings is 1. The first kappa shape index (κ1) is 18.3. The maximum Gasteiger partial charge on any atom is 0.338 e. The molecule has 0 N–H and O–H groups in total. The Balaban J connectivity index is 2.12. The van der Waals surface area contributed by atoms with E-state index in [9.17, 15) is 9.59 Å². The van der Waals surface area contributed by atoms with Crippen molar-refractivity contribution in [3.63, 3.8) is 0 Å². The van der Waals surface area contributed by atoms with Gasteiger partial charge in [-0.15, -0.1) is 0 Å². The highest BCUT2D eigenvalue weighted by atomic mass is 32.2. The lowest BCUT2D eigenvalue weighted by Crippen LogP contribution is -2.40. The first-order valence-corrected chi connectivity index (χ1v) is 9.07. The average Bonchev–Trinajstić information content (AvgIpc) is 2.92. The molecule has 0 aromatic heterocycles. The van der Waals surface area contributed by atoms with Crippen LogP contribution >= 0.6 is 11.8 Å². The van der Waals surface area contributed by atoms with E-state index in [1.165, 1.54) is 17.8 Å². The van der Waals surface area contributed by atoms with Gasteiger partial charge in [0.15, 0.2) is 5.17 Å². The predicted molar refractivity (Wildman–Crippen MR) is 101 cm³/mol. The van der Waals surface area contributed by atoms with Gasteiger partial charge in [-0.05, 0) is 31.5 Å². The molecule has 6 nitrogen and oxygen atoms in total. The molecule has 1 aromatic carbocycles. The zero-order valence-corrected chi connectivity index (χ0v) is 15.7. The number of nitrogens with zero attached hydrogens (tertiary/aromatic N) is 2. The SMILES string of the molecule is C=CCOC(=O)C1=C(C)N=C2SC(C)C(=O)N2C1c1cccc(OC)c1. The highest BCUT2D eigenvalue weighted by Crippen LogP contribution is 2.43. The second-order valence-electron chi connectivity index (χ2n) is 5.93. The molecule has 0 spiro atoms. The number of carbonyl (C=O) groups is 2. The zero-order chi connectivity index (χ0) is 18.8. The largest absolute Gasteiger partial charge is 0.497 e. The average molecular weight is 372 g/mol. The Morgan fingerprint density at radius 1 is 1.46 bits per heavy atom. The summed E-state index contributed by atoms with van der Waals surface area (Å²) in [5.74, 6) is 0.0637. The van der Waals surface area contributed by atoms with Crippen molar-refractivity contribution in [1.82, 2.24) is 4.90 Å². The van der Waals surface area contributed by atoms with E-state index >= 15 is 0 Å². The van der Waals surface area contributed by atoms with Crippen LogP contribution in [0.25, 0.3) is 0 Å². The molecular weight excluding hydrogens is 352 g/mol. The topological polar surface area (TPSA) is 68.2 Å². The van der Waals surface area contributed by atoms with Crippen molar-refractivity contribution in [2.45, 2.75) is 25.1 Å². The normalized spacial score (nSPS) is 22.0. The molecule has 1 amide bonds. The second-order valence-corrected chi connectivity index (χ2v) is 7.24. The van der Waals surface area contributed by atoms with Crippen LogP contribution < -0.4 is 4.74 Å². The van der Waals surface area contributed by atoms with Gasteiger partial charge in [0.25, 0.3) is 0 Å². The van der Waals surface area contributed by atoms with E-state index in [1.807, 2.05) is 31.2 Å². The maximum absolute atomic E-state index is 12.8. The number of aliphatic imine (C=N–C) groups is 1. The number of fused-ring (bicyclic) bond motifs is 1. The van der Waals surface area contributed by atoms with E-state index in [2.05, 4.69) is 11.6 Å². The molecule has 0 aliphatic carbocycles. The quantitative estimate of drug-likeness (QED) is 0.587. The predicted octanol–water partition coefficient (Wildman–Crippen LogP) is 3.07. The van der Waals surface area contributed by atoms with Crippen LogP contribution in [0.15, 0.2) is 53.2 Å². The molecule has 1 aromatic rings. The fraction of sp³-hybridized carbons (Fsp3) is 0.316. The highest BCUT2D eigenvalue weighted by Gasteiger charge is 2.46. The van der Waals surface area contributed by atoms with Crippen molar-refractivity contribution >= 4 is 28.8 Å². The molecule has 2 unspecified atom stereocenters. The monoisotopic (exact) mass is 372 g/mol. The molecule has 1 saturated heterocycles. The van der Waals surface area contributed by atoms with E-state index in [4.69, 9.17) is 9.47 Å². The van der Waals surface area contributed by atoms with Crippen LogP contribution in [0.3, 0.4) is 0 Å². The van der Waals surface area contributed by atoms with Crippen molar-refractivity contribution in [3.05, 3.63) is 53.8 Å². The molecular formula is C19H20N2O4S. The number of rotatable bonds is 5. The minimum absolute atomic E-state index is 0.0805. The van der Waals surface area contributed by atoms with Gasteiger partial charge >= 0.3 is 5.97 Å². The van der Waals surface area contributed by atoms with E-state index in [0.717, 1.165) is 5.56 Å². The third-order valence-corrected chi connectivity index (χ3v) is 5.27. The summed E-state index contributed by atoms with van der Waals surface area (Å²) < 4.78 is 10.6. The highest BCUT2D eigenvalue weighted by molar-refractivity contribution is 8.15. The fourth-order valence-corrected chi connectivity index (χ4v) is 4.03. The van der Waals surface area contributed by atoms with Crippen molar-refractivity contribution < 1.29 is 19.1 Å². The van der Waals surface area contributed by atoms with Gasteiger partial charge in [-0.25, -0.2) is 9.79 Å². The molecule has 0 radical (unpaired) electrons. The summed E-state index contributed by atoms with van der Waals surface area (Å²) in [7, 11) is 1.58. The lowest BCUT2D eigenvalue weighted by atomic mass is 9.94. The van der Waals surface area contributed by atoms with Gasteiger partial charge < -0.3 is 9.47 Å². The fourth-order valence-electron chi connectivity index (χ4n) is 3.00. The lowest BCUT2D eigenvalue weighted by Gasteiger charge is -2.33. The van der Waals surface area contributed by atoms with Crippen LogP contribution in [0.1, 0.15) is 25.5 Å². The number of amidine groups is 1. The Morgan fingerprint density at radius 2 is 2.23 bits per heavy atom. The second kappa shape index (κ2) is 7.37. The summed E-state index contributed by atoms with van der Waals surface area (Å²) in [6.07, 6.45) is 1.50. The van der Waals surface area contributed by atoms with Gasteiger partial charge in [-0.3, -0.25) is 9.69 Å². The Bertz CT molecular complexity index is 831. The Hall–Kier alpha value is -2.54. The summed E-state index contributed by atoms with van der Waals surface area (Å²) in [6.45, 7) is 7.25. The van der Waals surface area contributed by atoms with Gasteiger partial charge in [0.05, 0.1) is 29.7 Å². The molecule has 2 atom stereocenters. The van der Waals surface area contributed by atoms with Gasteiger partial charge in [0.1, 0.15) is 12.4 Å². The number of esters is 1. The number of amides is 1. The molecule has 2 aliphatic heterocycles. The molecule has 2 aliphatic rings. The van der Waals surface area contributed by atoms with E-state index in [0.29, 0.717) is 22.2 Å². The van der Waals surface area contributed by atoms with Gasteiger partial charge in [0, 0.05) is 0 Å².